The maximum Gasteiger partial charge on any atom is 0.331 e. The average Bonchev–Trinajstić information content (AvgIpc) is 2.38. The molecule has 0 aliphatic carbocycles. The predicted molar refractivity (Wildman–Crippen MR) is 70.6 cm³/mol. The first-order chi connectivity index (χ1) is 8.51. The van der Waals surface area contributed by atoms with Gasteiger partial charge in [-0.3, -0.25) is 0 Å². The summed E-state index contributed by atoms with van der Waals surface area (Å²) in [7, 11) is 1.23. The van der Waals surface area contributed by atoms with Crippen molar-refractivity contribution >= 4 is 29.2 Å². The van der Waals surface area contributed by atoms with Gasteiger partial charge in [-0.1, -0.05) is 35.3 Å². The molecule has 18 heavy (non-hydrogen) atoms. The summed E-state index contributed by atoms with van der Waals surface area (Å²) in [5, 5.41) is 9.98. The molecule has 1 aromatic carbocycles. The monoisotopic (exact) mass is 283 g/mol. The van der Waals surface area contributed by atoms with Crippen molar-refractivity contribution in [3.63, 3.8) is 0 Å². The molecule has 1 rings (SSSR count). The Bertz CT molecular complexity index is 522. The summed E-state index contributed by atoms with van der Waals surface area (Å²) < 4.78 is 4.70. The highest BCUT2D eigenvalue weighted by molar-refractivity contribution is 6.42. The largest absolute Gasteiger partial charge is 0.468 e. The third kappa shape index (κ3) is 2.50. The molecule has 0 aliphatic heterocycles. The lowest BCUT2D eigenvalue weighted by Crippen LogP contribution is -2.35. The number of halogens is 2. The van der Waals surface area contributed by atoms with Crippen LogP contribution in [0.3, 0.4) is 0 Å². The Hall–Kier alpha value is -1.50. The summed E-state index contributed by atoms with van der Waals surface area (Å²) in [5.41, 5.74) is -1.00. The first-order valence-electron chi connectivity index (χ1n) is 5.08. The standard InChI is InChI=1S/C13H11Cl2NO2/c1-3-6-13(8-16,12(17)18-2)9-4-5-10(14)11(15)7-9/h3-5,7H,1,6H2,2H3. The number of carbonyl (C=O) groups is 1. The number of hydrogen-bond acceptors (Lipinski definition) is 3. The first-order valence-corrected chi connectivity index (χ1v) is 5.83. The molecule has 1 unspecified atom stereocenters. The van der Waals surface area contributed by atoms with E-state index in [0.717, 1.165) is 0 Å². The van der Waals surface area contributed by atoms with Crippen LogP contribution in [0.2, 0.25) is 10.0 Å². The third-order valence-electron chi connectivity index (χ3n) is 2.59. The second-order valence-corrected chi connectivity index (χ2v) is 4.44. The molecular formula is C13H11Cl2NO2. The number of ether oxygens (including phenoxy) is 1. The maximum atomic E-state index is 11.9. The van der Waals surface area contributed by atoms with E-state index in [9.17, 15) is 10.1 Å². The van der Waals surface area contributed by atoms with Crippen LogP contribution in [0.5, 0.6) is 0 Å². The van der Waals surface area contributed by atoms with Crippen LogP contribution in [-0.4, -0.2) is 13.1 Å². The highest BCUT2D eigenvalue weighted by atomic mass is 35.5. The van der Waals surface area contributed by atoms with Crippen LogP contribution in [-0.2, 0) is 14.9 Å². The summed E-state index contributed by atoms with van der Waals surface area (Å²) >= 11 is 11.7. The van der Waals surface area contributed by atoms with Crippen molar-refractivity contribution in [2.45, 2.75) is 11.8 Å². The molecule has 0 spiro atoms. The van der Waals surface area contributed by atoms with Crippen LogP contribution in [0.4, 0.5) is 0 Å². The van der Waals surface area contributed by atoms with Crippen molar-refractivity contribution in [3.05, 3.63) is 46.5 Å². The Morgan fingerprint density at radius 1 is 1.56 bits per heavy atom. The summed E-state index contributed by atoms with van der Waals surface area (Å²) in [6.45, 7) is 3.56. The van der Waals surface area contributed by atoms with E-state index in [2.05, 4.69) is 6.58 Å². The van der Waals surface area contributed by atoms with Gasteiger partial charge in [0.05, 0.1) is 23.2 Å². The highest BCUT2D eigenvalue weighted by Gasteiger charge is 2.41. The minimum Gasteiger partial charge on any atom is -0.468 e. The van der Waals surface area contributed by atoms with E-state index in [1.54, 1.807) is 6.07 Å². The molecule has 3 nitrogen and oxygen atoms in total. The van der Waals surface area contributed by atoms with E-state index in [0.29, 0.717) is 10.6 Å². The molecule has 0 aromatic heterocycles. The van der Waals surface area contributed by atoms with E-state index in [4.69, 9.17) is 27.9 Å². The summed E-state index contributed by atoms with van der Waals surface area (Å²) in [5.74, 6) is -0.650. The van der Waals surface area contributed by atoms with Gasteiger partial charge < -0.3 is 4.74 Å². The molecule has 0 heterocycles. The Morgan fingerprint density at radius 3 is 2.67 bits per heavy atom. The minimum atomic E-state index is -1.44. The van der Waals surface area contributed by atoms with Gasteiger partial charge in [-0.2, -0.15) is 5.26 Å². The zero-order valence-electron chi connectivity index (χ0n) is 9.74. The van der Waals surface area contributed by atoms with Gasteiger partial charge in [-0.25, -0.2) is 4.79 Å². The Balaban J connectivity index is 3.42. The van der Waals surface area contributed by atoms with Gasteiger partial charge in [0.15, 0.2) is 5.41 Å². The smallest absolute Gasteiger partial charge is 0.331 e. The minimum absolute atomic E-state index is 0.133. The van der Waals surface area contributed by atoms with Crippen molar-refractivity contribution in [2.24, 2.45) is 0 Å². The van der Waals surface area contributed by atoms with E-state index >= 15 is 0 Å². The van der Waals surface area contributed by atoms with Crippen LogP contribution >= 0.6 is 23.2 Å². The van der Waals surface area contributed by atoms with Crippen molar-refractivity contribution < 1.29 is 9.53 Å². The number of esters is 1. The maximum absolute atomic E-state index is 11.9. The molecule has 0 bridgehead atoms. The van der Waals surface area contributed by atoms with Gasteiger partial charge in [-0.05, 0) is 24.1 Å². The summed E-state index contributed by atoms with van der Waals surface area (Å²) in [4.78, 5) is 11.9. The van der Waals surface area contributed by atoms with E-state index in [-0.39, 0.29) is 11.4 Å². The number of benzene rings is 1. The molecule has 0 radical (unpaired) electrons. The fourth-order valence-electron chi connectivity index (χ4n) is 1.63. The lowest BCUT2D eigenvalue weighted by Gasteiger charge is -2.23. The predicted octanol–water partition coefficient (Wildman–Crippen LogP) is 3.50. The number of allylic oxidation sites excluding steroid dienone is 1. The van der Waals surface area contributed by atoms with Crippen LogP contribution in [0, 0.1) is 11.3 Å². The molecule has 5 heteroatoms. The topological polar surface area (TPSA) is 50.1 Å². The molecular weight excluding hydrogens is 273 g/mol. The number of carbonyl (C=O) groups excluding carboxylic acids is 1. The quantitative estimate of drug-likeness (QED) is 0.628. The Kier molecular flexibility index (Phi) is 4.77. The first kappa shape index (κ1) is 14.6. The summed E-state index contributed by atoms with van der Waals surface area (Å²) in [6.07, 6.45) is 1.62. The second kappa shape index (κ2) is 5.90. The van der Waals surface area contributed by atoms with E-state index in [1.165, 1.54) is 25.3 Å². The van der Waals surface area contributed by atoms with Gasteiger partial charge in [0.2, 0.25) is 0 Å². The number of hydrogen-bond donors (Lipinski definition) is 0. The Labute approximate surface area is 116 Å². The van der Waals surface area contributed by atoms with Crippen molar-refractivity contribution in [1.82, 2.24) is 0 Å². The zero-order chi connectivity index (χ0) is 13.8. The SMILES string of the molecule is C=CCC(C#N)(C(=O)OC)c1ccc(Cl)c(Cl)c1. The normalized spacial score (nSPS) is 13.2. The van der Waals surface area contributed by atoms with Gasteiger partial charge in [0, 0.05) is 0 Å². The Morgan fingerprint density at radius 2 is 2.22 bits per heavy atom. The lowest BCUT2D eigenvalue weighted by molar-refractivity contribution is -0.145. The van der Waals surface area contributed by atoms with Crippen molar-refractivity contribution in [2.75, 3.05) is 7.11 Å². The molecule has 94 valence electrons. The number of nitriles is 1. The van der Waals surface area contributed by atoms with Gasteiger partial charge in [0.1, 0.15) is 0 Å². The van der Waals surface area contributed by atoms with E-state index < -0.39 is 11.4 Å². The fourth-order valence-corrected chi connectivity index (χ4v) is 1.93. The number of methoxy groups -OCH3 is 1. The molecule has 0 N–H and O–H groups in total. The highest BCUT2D eigenvalue weighted by Crippen LogP contribution is 2.33. The number of rotatable bonds is 4. The van der Waals surface area contributed by atoms with Gasteiger partial charge in [-0.15, -0.1) is 6.58 Å². The molecule has 0 saturated heterocycles. The third-order valence-corrected chi connectivity index (χ3v) is 3.33. The molecule has 1 atom stereocenters. The average molecular weight is 284 g/mol. The molecule has 0 amide bonds. The molecule has 0 aliphatic rings. The van der Waals surface area contributed by atoms with Crippen LogP contribution in [0.15, 0.2) is 30.9 Å². The fraction of sp³-hybridized carbons (Fsp3) is 0.231. The summed E-state index contributed by atoms with van der Waals surface area (Å²) in [6, 6.07) is 6.60. The van der Waals surface area contributed by atoms with Crippen LogP contribution in [0.25, 0.3) is 0 Å². The molecule has 0 saturated carbocycles. The second-order valence-electron chi connectivity index (χ2n) is 3.63. The van der Waals surface area contributed by atoms with E-state index in [1.807, 2.05) is 6.07 Å². The van der Waals surface area contributed by atoms with Gasteiger partial charge in [0.25, 0.3) is 0 Å². The van der Waals surface area contributed by atoms with Crippen LogP contribution in [0.1, 0.15) is 12.0 Å². The lowest BCUT2D eigenvalue weighted by atomic mass is 9.79. The van der Waals surface area contributed by atoms with Gasteiger partial charge >= 0.3 is 5.97 Å². The van der Waals surface area contributed by atoms with Crippen molar-refractivity contribution in [3.8, 4) is 6.07 Å². The molecule has 1 aromatic rings. The van der Waals surface area contributed by atoms with Crippen LogP contribution < -0.4 is 0 Å². The molecule has 0 fully saturated rings. The van der Waals surface area contributed by atoms with Crippen molar-refractivity contribution in [1.29, 1.82) is 5.26 Å². The number of nitrogens with zero attached hydrogens (tertiary/aromatic N) is 1. The zero-order valence-corrected chi connectivity index (χ0v) is 11.3.